The molecule has 1 heterocycles. The van der Waals surface area contributed by atoms with Crippen LogP contribution in [0.2, 0.25) is 0 Å². The van der Waals surface area contributed by atoms with Crippen molar-refractivity contribution in [2.24, 2.45) is 5.92 Å². The van der Waals surface area contributed by atoms with Crippen LogP contribution in [0.25, 0.3) is 0 Å². The van der Waals surface area contributed by atoms with Crippen molar-refractivity contribution in [3.05, 3.63) is 35.4 Å². The smallest absolute Gasteiger partial charge is 0.253 e. The summed E-state index contributed by atoms with van der Waals surface area (Å²) in [7, 11) is 1.70. The number of hydrogen-bond acceptors (Lipinski definition) is 2. The van der Waals surface area contributed by atoms with Gasteiger partial charge in [0.2, 0.25) is 0 Å². The topological polar surface area (TPSA) is 29.5 Å². The van der Waals surface area contributed by atoms with Crippen LogP contribution >= 0.6 is 11.6 Å². The predicted molar refractivity (Wildman–Crippen MR) is 71.9 cm³/mol. The molecule has 0 spiro atoms. The molecule has 1 aromatic rings. The summed E-state index contributed by atoms with van der Waals surface area (Å²) in [6.45, 7) is 2.33. The Hall–Kier alpha value is -1.06. The van der Waals surface area contributed by atoms with E-state index in [9.17, 15) is 4.79 Å². The zero-order chi connectivity index (χ0) is 13.0. The number of likely N-dealkylation sites (tertiary alicyclic amines) is 1. The Labute approximate surface area is 113 Å². The maximum atomic E-state index is 12.3. The minimum absolute atomic E-state index is 0.0977. The van der Waals surface area contributed by atoms with E-state index in [0.29, 0.717) is 11.8 Å². The van der Waals surface area contributed by atoms with E-state index in [1.54, 1.807) is 7.11 Å². The highest BCUT2D eigenvalue weighted by Gasteiger charge is 2.26. The molecule has 0 radical (unpaired) electrons. The lowest BCUT2D eigenvalue weighted by Gasteiger charge is -2.16. The predicted octanol–water partition coefficient (Wildman–Crippen LogP) is 2.53. The monoisotopic (exact) mass is 267 g/mol. The van der Waals surface area contributed by atoms with Crippen molar-refractivity contribution in [1.29, 1.82) is 0 Å². The van der Waals surface area contributed by atoms with E-state index >= 15 is 0 Å². The first-order valence-electron chi connectivity index (χ1n) is 6.17. The van der Waals surface area contributed by atoms with E-state index in [1.807, 2.05) is 29.2 Å². The molecule has 0 aliphatic carbocycles. The van der Waals surface area contributed by atoms with Gasteiger partial charge in [-0.1, -0.05) is 12.1 Å². The fourth-order valence-electron chi connectivity index (χ4n) is 2.36. The number of methoxy groups -OCH3 is 1. The normalized spacial score (nSPS) is 19.2. The highest BCUT2D eigenvalue weighted by Crippen LogP contribution is 2.19. The number of ether oxygens (including phenoxy) is 1. The molecule has 1 aliphatic heterocycles. The number of hydrogen-bond donors (Lipinski definition) is 0. The van der Waals surface area contributed by atoms with Crippen LogP contribution in [0.1, 0.15) is 22.3 Å². The van der Waals surface area contributed by atoms with Gasteiger partial charge in [0.05, 0.1) is 6.61 Å². The molecule has 1 aliphatic rings. The van der Waals surface area contributed by atoms with Gasteiger partial charge in [0.1, 0.15) is 0 Å². The summed E-state index contributed by atoms with van der Waals surface area (Å²) in [5, 5.41) is 0. The molecular formula is C14H18ClNO2. The summed E-state index contributed by atoms with van der Waals surface area (Å²) in [5.41, 5.74) is 1.71. The van der Waals surface area contributed by atoms with E-state index in [1.165, 1.54) is 0 Å². The molecule has 0 aromatic heterocycles. The second kappa shape index (κ2) is 6.21. The number of carbonyl (C=O) groups excluding carboxylic acids is 1. The number of benzene rings is 1. The maximum Gasteiger partial charge on any atom is 0.253 e. The van der Waals surface area contributed by atoms with Gasteiger partial charge < -0.3 is 9.64 Å². The first-order chi connectivity index (χ1) is 8.74. The summed E-state index contributed by atoms with van der Waals surface area (Å²) < 4.78 is 5.14. The van der Waals surface area contributed by atoms with Crippen LogP contribution < -0.4 is 0 Å². The molecule has 1 aromatic carbocycles. The molecule has 1 saturated heterocycles. The van der Waals surface area contributed by atoms with Gasteiger partial charge in [-0.2, -0.15) is 0 Å². The number of rotatable bonds is 4. The van der Waals surface area contributed by atoms with Crippen molar-refractivity contribution in [2.45, 2.75) is 12.3 Å². The third-order valence-electron chi connectivity index (χ3n) is 3.30. The minimum atomic E-state index is 0.0977. The number of alkyl halides is 1. The van der Waals surface area contributed by atoms with Crippen LogP contribution in [0.5, 0.6) is 0 Å². The summed E-state index contributed by atoms with van der Waals surface area (Å²) >= 11 is 5.79. The van der Waals surface area contributed by atoms with Crippen LogP contribution in [0.3, 0.4) is 0 Å². The lowest BCUT2D eigenvalue weighted by atomic mass is 10.1. The van der Waals surface area contributed by atoms with Gasteiger partial charge >= 0.3 is 0 Å². The summed E-state index contributed by atoms with van der Waals surface area (Å²) in [6, 6.07) is 7.54. The lowest BCUT2D eigenvalue weighted by Crippen LogP contribution is -2.29. The Morgan fingerprint density at radius 3 is 3.11 bits per heavy atom. The Morgan fingerprint density at radius 2 is 2.39 bits per heavy atom. The Kier molecular flexibility index (Phi) is 4.61. The summed E-state index contributed by atoms with van der Waals surface area (Å²) in [5.74, 6) is 1.00. The van der Waals surface area contributed by atoms with E-state index in [2.05, 4.69) is 0 Å². The van der Waals surface area contributed by atoms with Gasteiger partial charge in [-0.25, -0.2) is 0 Å². The first-order valence-corrected chi connectivity index (χ1v) is 6.71. The molecule has 18 heavy (non-hydrogen) atoms. The van der Waals surface area contributed by atoms with Gasteiger partial charge in [-0.05, 0) is 24.1 Å². The van der Waals surface area contributed by atoms with Gasteiger partial charge in [0.15, 0.2) is 0 Å². The molecule has 98 valence electrons. The zero-order valence-electron chi connectivity index (χ0n) is 10.6. The fraction of sp³-hybridized carbons (Fsp3) is 0.500. The Bertz CT molecular complexity index is 422. The van der Waals surface area contributed by atoms with E-state index in [0.717, 1.165) is 37.2 Å². The van der Waals surface area contributed by atoms with Crippen molar-refractivity contribution >= 4 is 17.5 Å². The van der Waals surface area contributed by atoms with Crippen LogP contribution in [0, 0.1) is 5.92 Å². The third kappa shape index (κ3) is 3.03. The van der Waals surface area contributed by atoms with Gasteiger partial charge in [-0.3, -0.25) is 4.79 Å². The Morgan fingerprint density at radius 1 is 1.56 bits per heavy atom. The number of carbonyl (C=O) groups is 1. The van der Waals surface area contributed by atoms with Crippen molar-refractivity contribution in [1.82, 2.24) is 4.90 Å². The number of nitrogens with zero attached hydrogens (tertiary/aromatic N) is 1. The Balaban J connectivity index is 2.03. The minimum Gasteiger partial charge on any atom is -0.384 e. The molecule has 1 atom stereocenters. The van der Waals surface area contributed by atoms with Crippen molar-refractivity contribution in [3.8, 4) is 0 Å². The van der Waals surface area contributed by atoms with Crippen LogP contribution in [0.15, 0.2) is 24.3 Å². The highest BCUT2D eigenvalue weighted by atomic mass is 35.5. The molecule has 3 nitrogen and oxygen atoms in total. The number of amides is 1. The quantitative estimate of drug-likeness (QED) is 0.785. The molecule has 0 N–H and O–H groups in total. The molecule has 2 rings (SSSR count). The summed E-state index contributed by atoms with van der Waals surface area (Å²) in [4.78, 5) is 14.2. The second-order valence-electron chi connectivity index (χ2n) is 4.70. The van der Waals surface area contributed by atoms with E-state index in [4.69, 9.17) is 16.3 Å². The molecule has 0 bridgehead atoms. The second-order valence-corrected chi connectivity index (χ2v) is 4.96. The maximum absolute atomic E-state index is 12.3. The molecule has 1 amide bonds. The van der Waals surface area contributed by atoms with E-state index in [-0.39, 0.29) is 5.91 Å². The fourth-order valence-corrected chi connectivity index (χ4v) is 2.53. The van der Waals surface area contributed by atoms with Gasteiger partial charge in [0.25, 0.3) is 5.91 Å². The first kappa shape index (κ1) is 13.4. The average Bonchev–Trinajstić information content (AvgIpc) is 2.87. The molecule has 1 fully saturated rings. The molecule has 1 unspecified atom stereocenters. The SMILES string of the molecule is COCC1CCN(C(=O)c2cccc(CCl)c2)C1. The molecular weight excluding hydrogens is 250 g/mol. The van der Waals surface area contributed by atoms with Crippen LogP contribution in [-0.4, -0.2) is 37.6 Å². The van der Waals surface area contributed by atoms with Crippen LogP contribution in [0.4, 0.5) is 0 Å². The average molecular weight is 268 g/mol. The molecule has 0 saturated carbocycles. The van der Waals surface area contributed by atoms with E-state index < -0.39 is 0 Å². The van der Waals surface area contributed by atoms with Gasteiger partial charge in [0, 0.05) is 37.6 Å². The zero-order valence-corrected chi connectivity index (χ0v) is 11.3. The van der Waals surface area contributed by atoms with Crippen molar-refractivity contribution in [2.75, 3.05) is 26.8 Å². The van der Waals surface area contributed by atoms with Gasteiger partial charge in [-0.15, -0.1) is 11.6 Å². The third-order valence-corrected chi connectivity index (χ3v) is 3.61. The summed E-state index contributed by atoms with van der Waals surface area (Å²) in [6.07, 6.45) is 1.02. The largest absolute Gasteiger partial charge is 0.384 e. The number of halogens is 1. The van der Waals surface area contributed by atoms with Crippen molar-refractivity contribution < 1.29 is 9.53 Å². The molecule has 4 heteroatoms. The standard InChI is InChI=1S/C14H18ClNO2/c1-18-10-12-5-6-16(9-12)14(17)13-4-2-3-11(7-13)8-15/h2-4,7,12H,5-6,8-10H2,1H3. The van der Waals surface area contributed by atoms with Crippen molar-refractivity contribution in [3.63, 3.8) is 0 Å². The van der Waals surface area contributed by atoms with Crippen LogP contribution in [-0.2, 0) is 10.6 Å². The lowest BCUT2D eigenvalue weighted by molar-refractivity contribution is 0.0775. The highest BCUT2D eigenvalue weighted by molar-refractivity contribution is 6.17.